The minimum atomic E-state index is -4.39. The Hall–Kier alpha value is -1.83. The topological polar surface area (TPSA) is 46.9 Å². The first-order chi connectivity index (χ1) is 9.76. The highest BCUT2D eigenvalue weighted by molar-refractivity contribution is 9.10. The van der Waals surface area contributed by atoms with Gasteiger partial charge in [0, 0.05) is 6.20 Å². The van der Waals surface area contributed by atoms with Crippen molar-refractivity contribution in [1.82, 2.24) is 9.55 Å². The lowest BCUT2D eigenvalue weighted by atomic mass is 10.3. The summed E-state index contributed by atoms with van der Waals surface area (Å²) in [6.45, 7) is 0.482. The van der Waals surface area contributed by atoms with Crippen molar-refractivity contribution in [2.75, 3.05) is 5.32 Å². The minimum Gasteiger partial charge on any atom is -0.334 e. The highest BCUT2D eigenvalue weighted by atomic mass is 79.9. The second kappa shape index (κ2) is 5.88. The molecule has 2 heterocycles. The normalized spacial score (nSPS) is 11.5. The summed E-state index contributed by atoms with van der Waals surface area (Å²) in [5, 5.41) is 2.56. The van der Waals surface area contributed by atoms with Gasteiger partial charge in [-0.15, -0.1) is 0 Å². The van der Waals surface area contributed by atoms with Gasteiger partial charge in [-0.25, -0.2) is 4.98 Å². The van der Waals surface area contributed by atoms with E-state index in [9.17, 15) is 18.0 Å². The van der Waals surface area contributed by atoms with Crippen molar-refractivity contribution >= 4 is 27.5 Å². The molecule has 2 rings (SSSR count). The summed E-state index contributed by atoms with van der Waals surface area (Å²) in [7, 11) is 0. The molecular formula is C13H11BrF3N3O. The fraction of sp³-hybridized carbons (Fsp3) is 0.231. The van der Waals surface area contributed by atoms with Gasteiger partial charge in [0.05, 0.1) is 11.4 Å². The van der Waals surface area contributed by atoms with Gasteiger partial charge in [0.2, 0.25) is 0 Å². The van der Waals surface area contributed by atoms with Crippen LogP contribution in [0, 0.1) is 6.92 Å². The number of rotatable bonds is 3. The van der Waals surface area contributed by atoms with Crippen molar-refractivity contribution in [3.05, 3.63) is 46.5 Å². The molecule has 0 bridgehead atoms. The number of anilines is 1. The lowest BCUT2D eigenvalue weighted by Gasteiger charge is -2.12. The van der Waals surface area contributed by atoms with Gasteiger partial charge >= 0.3 is 6.18 Å². The molecule has 2 aromatic heterocycles. The van der Waals surface area contributed by atoms with Crippen LogP contribution in [0.3, 0.4) is 0 Å². The molecule has 0 atom stereocenters. The number of alkyl halides is 3. The van der Waals surface area contributed by atoms with Crippen molar-refractivity contribution in [2.45, 2.75) is 19.6 Å². The van der Waals surface area contributed by atoms with Crippen LogP contribution in [-0.4, -0.2) is 21.6 Å². The number of amides is 1. The molecule has 0 saturated heterocycles. The van der Waals surface area contributed by atoms with Crippen LogP contribution in [-0.2, 0) is 6.54 Å². The van der Waals surface area contributed by atoms with Crippen LogP contribution in [0.2, 0.25) is 0 Å². The molecule has 0 unspecified atom stereocenters. The van der Waals surface area contributed by atoms with Crippen molar-refractivity contribution in [2.24, 2.45) is 0 Å². The number of pyridine rings is 1. The Morgan fingerprint density at radius 2 is 2.10 bits per heavy atom. The maximum atomic E-state index is 12.4. The van der Waals surface area contributed by atoms with Crippen molar-refractivity contribution in [1.29, 1.82) is 0 Å². The van der Waals surface area contributed by atoms with E-state index in [1.165, 1.54) is 18.3 Å². The van der Waals surface area contributed by atoms with Gasteiger partial charge in [-0.3, -0.25) is 4.79 Å². The highest BCUT2D eigenvalue weighted by Crippen LogP contribution is 2.20. The van der Waals surface area contributed by atoms with Crippen LogP contribution in [0.4, 0.5) is 18.9 Å². The second-order valence-corrected chi connectivity index (χ2v) is 5.17. The third-order valence-electron chi connectivity index (χ3n) is 2.71. The molecule has 0 aliphatic rings. The Bertz CT molecular complexity index is 667. The van der Waals surface area contributed by atoms with Gasteiger partial charge in [0.15, 0.2) is 0 Å². The number of aromatic nitrogens is 2. The van der Waals surface area contributed by atoms with E-state index in [2.05, 4.69) is 26.2 Å². The molecule has 0 radical (unpaired) electrons. The lowest BCUT2D eigenvalue weighted by Crippen LogP contribution is -2.23. The van der Waals surface area contributed by atoms with Gasteiger partial charge in [0.25, 0.3) is 5.91 Å². The molecule has 2 aromatic rings. The molecule has 0 aromatic carbocycles. The number of hydrogen-bond donors (Lipinski definition) is 1. The summed E-state index contributed by atoms with van der Waals surface area (Å²) in [4.78, 5) is 16.2. The number of halogens is 4. The maximum Gasteiger partial charge on any atom is 0.406 e. The van der Waals surface area contributed by atoms with Gasteiger partial charge in [-0.05, 0) is 47.1 Å². The molecule has 0 fully saturated rings. The monoisotopic (exact) mass is 361 g/mol. The van der Waals surface area contributed by atoms with Crippen LogP contribution in [0.5, 0.6) is 0 Å². The van der Waals surface area contributed by atoms with Crippen molar-refractivity contribution in [3.8, 4) is 0 Å². The van der Waals surface area contributed by atoms with Crippen LogP contribution in [0.15, 0.2) is 35.1 Å². The predicted molar refractivity (Wildman–Crippen MR) is 75.1 cm³/mol. The first kappa shape index (κ1) is 15.6. The largest absolute Gasteiger partial charge is 0.406 e. The number of aryl methyl sites for hydroxylation is 1. The molecular weight excluding hydrogens is 351 g/mol. The Kier molecular flexibility index (Phi) is 4.36. The average Bonchev–Trinajstić information content (AvgIpc) is 2.78. The Morgan fingerprint density at radius 3 is 2.71 bits per heavy atom. The number of carbonyl (C=O) groups excluding carboxylic acids is 1. The zero-order chi connectivity index (χ0) is 15.6. The molecule has 1 N–H and O–H groups in total. The second-order valence-electron chi connectivity index (χ2n) is 4.36. The summed E-state index contributed by atoms with van der Waals surface area (Å²) >= 11 is 3.19. The van der Waals surface area contributed by atoms with Gasteiger partial charge < -0.3 is 9.88 Å². The van der Waals surface area contributed by atoms with Crippen LogP contribution >= 0.6 is 15.9 Å². The van der Waals surface area contributed by atoms with Gasteiger partial charge in [-0.2, -0.15) is 13.2 Å². The Balaban J connectivity index is 2.19. The van der Waals surface area contributed by atoms with Crippen LogP contribution in [0.1, 0.15) is 16.2 Å². The zero-order valence-electron chi connectivity index (χ0n) is 10.9. The first-order valence-corrected chi connectivity index (χ1v) is 6.72. The molecule has 0 aliphatic heterocycles. The van der Waals surface area contributed by atoms with E-state index in [0.29, 0.717) is 16.0 Å². The summed E-state index contributed by atoms with van der Waals surface area (Å²) in [5.41, 5.74) is 0.948. The van der Waals surface area contributed by atoms with Crippen LogP contribution < -0.4 is 5.32 Å². The fourth-order valence-corrected chi connectivity index (χ4v) is 2.20. The summed E-state index contributed by atoms with van der Waals surface area (Å²) in [5.74, 6) is -0.614. The van der Waals surface area contributed by atoms with E-state index >= 15 is 0 Å². The van der Waals surface area contributed by atoms with E-state index in [1.807, 2.05) is 0 Å². The molecule has 4 nitrogen and oxygen atoms in total. The third kappa shape index (κ3) is 4.07. The molecule has 0 saturated carbocycles. The SMILES string of the molecule is Cc1nc(Br)ccc1NC(=O)c1cccn1CC(F)(F)F. The highest BCUT2D eigenvalue weighted by Gasteiger charge is 2.29. The Morgan fingerprint density at radius 1 is 1.38 bits per heavy atom. The van der Waals surface area contributed by atoms with Gasteiger partial charge in [-0.1, -0.05) is 0 Å². The lowest BCUT2D eigenvalue weighted by molar-refractivity contribution is -0.140. The molecule has 1 amide bonds. The maximum absolute atomic E-state index is 12.4. The Labute approximate surface area is 127 Å². The zero-order valence-corrected chi connectivity index (χ0v) is 12.5. The van der Waals surface area contributed by atoms with Crippen LogP contribution in [0.25, 0.3) is 0 Å². The van der Waals surface area contributed by atoms with E-state index in [1.54, 1.807) is 19.1 Å². The molecule has 0 spiro atoms. The van der Waals surface area contributed by atoms with Crippen molar-refractivity contribution in [3.63, 3.8) is 0 Å². The summed E-state index contributed by atoms with van der Waals surface area (Å²) < 4.78 is 38.8. The fourth-order valence-electron chi connectivity index (χ4n) is 1.80. The molecule has 8 heteroatoms. The summed E-state index contributed by atoms with van der Waals surface area (Å²) in [6.07, 6.45) is -3.17. The van der Waals surface area contributed by atoms with Gasteiger partial charge in [0.1, 0.15) is 16.8 Å². The van der Waals surface area contributed by atoms with E-state index in [-0.39, 0.29) is 5.69 Å². The average molecular weight is 362 g/mol. The number of nitrogens with zero attached hydrogens (tertiary/aromatic N) is 2. The van der Waals surface area contributed by atoms with Crippen molar-refractivity contribution < 1.29 is 18.0 Å². The predicted octanol–water partition coefficient (Wildman–Crippen LogP) is 3.77. The summed E-state index contributed by atoms with van der Waals surface area (Å²) in [6, 6.07) is 5.99. The number of hydrogen-bond acceptors (Lipinski definition) is 2. The first-order valence-electron chi connectivity index (χ1n) is 5.92. The quantitative estimate of drug-likeness (QED) is 0.845. The van der Waals surface area contributed by atoms with E-state index in [4.69, 9.17) is 0 Å². The minimum absolute atomic E-state index is 0.0605. The smallest absolute Gasteiger partial charge is 0.334 e. The van der Waals surface area contributed by atoms with E-state index < -0.39 is 18.6 Å². The van der Waals surface area contributed by atoms with E-state index in [0.717, 1.165) is 4.57 Å². The number of carbonyl (C=O) groups is 1. The molecule has 21 heavy (non-hydrogen) atoms. The standard InChI is InChI=1S/C13H11BrF3N3O/c1-8-9(4-5-11(14)18-8)19-12(21)10-3-2-6-20(10)7-13(15,16)17/h2-6H,7H2,1H3,(H,19,21). The molecule has 0 aliphatic carbocycles. The molecule has 112 valence electrons. The number of nitrogens with one attached hydrogen (secondary N) is 1. The third-order valence-corrected chi connectivity index (χ3v) is 3.15.